The Morgan fingerprint density at radius 3 is 2.89 bits per heavy atom. The number of rotatable bonds is 2. The molecule has 2 heterocycles. The van der Waals surface area contributed by atoms with Gasteiger partial charge in [-0.05, 0) is 43.2 Å². The van der Waals surface area contributed by atoms with E-state index in [0.717, 1.165) is 11.2 Å². The molecule has 1 aromatic carbocycles. The van der Waals surface area contributed by atoms with Crippen molar-refractivity contribution in [3.05, 3.63) is 24.0 Å². The smallest absolute Gasteiger partial charge is 0.113 e. The highest BCUT2D eigenvalue weighted by Gasteiger charge is 2.32. The van der Waals surface area contributed by atoms with Crippen molar-refractivity contribution >= 4 is 28.5 Å². The minimum atomic E-state index is 0.638. The molecule has 1 saturated heterocycles. The molecule has 0 amide bonds. The van der Waals surface area contributed by atoms with Crippen LogP contribution in [0.25, 0.3) is 11.0 Å². The van der Waals surface area contributed by atoms with Gasteiger partial charge in [0, 0.05) is 23.4 Å². The summed E-state index contributed by atoms with van der Waals surface area (Å²) in [5.74, 6) is 4.52. The van der Waals surface area contributed by atoms with E-state index in [1.807, 2.05) is 12.1 Å². The summed E-state index contributed by atoms with van der Waals surface area (Å²) in [6.45, 7) is 0. The van der Waals surface area contributed by atoms with Crippen molar-refractivity contribution in [3.63, 3.8) is 0 Å². The first-order valence-corrected chi connectivity index (χ1v) is 7.83. The quantitative estimate of drug-likeness (QED) is 0.842. The van der Waals surface area contributed by atoms with Gasteiger partial charge >= 0.3 is 0 Å². The largest absolute Gasteiger partial charge is 0.399 e. The summed E-state index contributed by atoms with van der Waals surface area (Å²) in [6.07, 6.45) is 3.89. The second-order valence-electron chi connectivity index (χ2n) is 5.38. The maximum atomic E-state index is 5.88. The van der Waals surface area contributed by atoms with Crippen molar-refractivity contribution in [1.82, 2.24) is 9.55 Å². The lowest BCUT2D eigenvalue weighted by atomic mass is 10.2. The van der Waals surface area contributed by atoms with Crippen LogP contribution >= 0.6 is 11.8 Å². The lowest BCUT2D eigenvalue weighted by molar-refractivity contribution is 0.550. The molecule has 0 spiro atoms. The summed E-state index contributed by atoms with van der Waals surface area (Å²) < 4.78 is 2.51. The Balaban J connectivity index is 1.92. The summed E-state index contributed by atoms with van der Waals surface area (Å²) in [5.41, 5.74) is 9.04. The van der Waals surface area contributed by atoms with Crippen molar-refractivity contribution < 1.29 is 0 Å². The molecule has 3 nitrogen and oxygen atoms in total. The Hall–Kier alpha value is -1.16. The molecule has 0 radical (unpaired) electrons. The highest BCUT2D eigenvalue weighted by molar-refractivity contribution is 7.99. The van der Waals surface area contributed by atoms with Gasteiger partial charge in [0.15, 0.2) is 0 Å². The number of imidazole rings is 1. The van der Waals surface area contributed by atoms with E-state index in [0.29, 0.717) is 12.0 Å². The van der Waals surface area contributed by atoms with Gasteiger partial charge in [-0.15, -0.1) is 0 Å². The summed E-state index contributed by atoms with van der Waals surface area (Å²) in [4.78, 5) is 4.85. The topological polar surface area (TPSA) is 43.8 Å². The van der Waals surface area contributed by atoms with Gasteiger partial charge in [0.1, 0.15) is 5.82 Å². The highest BCUT2D eigenvalue weighted by Crippen LogP contribution is 2.43. The van der Waals surface area contributed by atoms with Crippen LogP contribution in [0.4, 0.5) is 5.69 Å². The fraction of sp³-hybridized carbons (Fsp3) is 0.500. The van der Waals surface area contributed by atoms with Crippen LogP contribution in [-0.2, 0) is 0 Å². The predicted molar refractivity (Wildman–Crippen MR) is 77.1 cm³/mol. The van der Waals surface area contributed by atoms with Gasteiger partial charge in [0.2, 0.25) is 0 Å². The van der Waals surface area contributed by atoms with Crippen molar-refractivity contribution in [2.45, 2.75) is 31.2 Å². The number of nitrogens with two attached hydrogens (primary N) is 1. The molecule has 1 aliphatic heterocycles. The molecule has 1 aromatic heterocycles. The Morgan fingerprint density at radius 1 is 1.28 bits per heavy atom. The summed E-state index contributed by atoms with van der Waals surface area (Å²) >= 11 is 2.06. The van der Waals surface area contributed by atoms with Gasteiger partial charge in [-0.3, -0.25) is 0 Å². The number of hydrogen-bond donors (Lipinski definition) is 1. The second-order valence-corrected chi connectivity index (χ2v) is 6.53. The van der Waals surface area contributed by atoms with E-state index in [9.17, 15) is 0 Å². The zero-order valence-corrected chi connectivity index (χ0v) is 11.1. The molecule has 2 N–H and O–H groups in total. The van der Waals surface area contributed by atoms with E-state index in [2.05, 4.69) is 22.4 Å². The number of thioether (sulfide) groups is 1. The highest BCUT2D eigenvalue weighted by atomic mass is 32.2. The van der Waals surface area contributed by atoms with Crippen molar-refractivity contribution in [2.75, 3.05) is 17.2 Å². The molecular formula is C14H17N3S. The van der Waals surface area contributed by atoms with Crippen molar-refractivity contribution in [3.8, 4) is 0 Å². The molecule has 1 aliphatic carbocycles. The van der Waals surface area contributed by atoms with Crippen LogP contribution in [0.3, 0.4) is 0 Å². The zero-order valence-electron chi connectivity index (χ0n) is 10.3. The van der Waals surface area contributed by atoms with Crippen LogP contribution in [0.1, 0.15) is 37.0 Å². The van der Waals surface area contributed by atoms with Gasteiger partial charge in [-0.2, -0.15) is 11.8 Å². The van der Waals surface area contributed by atoms with E-state index >= 15 is 0 Å². The van der Waals surface area contributed by atoms with Crippen LogP contribution in [0.5, 0.6) is 0 Å². The van der Waals surface area contributed by atoms with Crippen molar-refractivity contribution in [1.29, 1.82) is 0 Å². The van der Waals surface area contributed by atoms with E-state index in [4.69, 9.17) is 10.7 Å². The normalized spacial score (nSPS) is 23.9. The molecule has 1 unspecified atom stereocenters. The number of nitrogens with zero attached hydrogens (tertiary/aromatic N) is 2. The average molecular weight is 259 g/mol. The number of benzene rings is 1. The molecule has 0 bridgehead atoms. The summed E-state index contributed by atoms with van der Waals surface area (Å²) in [7, 11) is 0. The minimum Gasteiger partial charge on any atom is -0.399 e. The molecule has 94 valence electrons. The molecule has 18 heavy (non-hydrogen) atoms. The fourth-order valence-electron chi connectivity index (χ4n) is 2.87. The van der Waals surface area contributed by atoms with Gasteiger partial charge < -0.3 is 10.3 Å². The van der Waals surface area contributed by atoms with E-state index in [-0.39, 0.29) is 0 Å². The van der Waals surface area contributed by atoms with Gasteiger partial charge in [0.25, 0.3) is 0 Å². The first kappa shape index (κ1) is 10.7. The standard InChI is InChI=1S/C14H17N3S/c15-10-3-4-13-12(7-10)16-14(9-1-2-9)17(13)11-5-6-18-8-11/h3-4,7,9,11H,1-2,5-6,8,15H2. The van der Waals surface area contributed by atoms with Crippen LogP contribution < -0.4 is 5.73 Å². The molecular weight excluding hydrogens is 242 g/mol. The third kappa shape index (κ3) is 1.62. The van der Waals surface area contributed by atoms with Crippen LogP contribution in [0, 0.1) is 0 Å². The van der Waals surface area contributed by atoms with Crippen molar-refractivity contribution in [2.24, 2.45) is 0 Å². The predicted octanol–water partition coefficient (Wildman–Crippen LogP) is 3.17. The van der Waals surface area contributed by atoms with Crippen LogP contribution in [-0.4, -0.2) is 21.1 Å². The lowest BCUT2D eigenvalue weighted by Gasteiger charge is -2.15. The molecule has 4 heteroatoms. The van der Waals surface area contributed by atoms with Crippen LogP contribution in [0.2, 0.25) is 0 Å². The Labute approximate surface area is 111 Å². The molecule has 4 rings (SSSR count). The summed E-state index contributed by atoms with van der Waals surface area (Å²) in [5, 5.41) is 0. The number of aromatic nitrogens is 2. The summed E-state index contributed by atoms with van der Waals surface area (Å²) in [6, 6.07) is 6.80. The first-order chi connectivity index (χ1) is 8.83. The molecule has 2 aliphatic rings. The Bertz CT molecular complexity index is 594. The molecule has 1 atom stereocenters. The van der Waals surface area contributed by atoms with E-state index in [1.54, 1.807) is 0 Å². The monoisotopic (exact) mass is 259 g/mol. The van der Waals surface area contributed by atoms with E-state index < -0.39 is 0 Å². The second kappa shape index (κ2) is 3.92. The average Bonchev–Trinajstić information content (AvgIpc) is 2.94. The number of hydrogen-bond acceptors (Lipinski definition) is 3. The maximum absolute atomic E-state index is 5.88. The van der Waals surface area contributed by atoms with Gasteiger partial charge in [-0.1, -0.05) is 0 Å². The fourth-order valence-corrected chi connectivity index (χ4v) is 4.07. The van der Waals surface area contributed by atoms with Crippen LogP contribution in [0.15, 0.2) is 18.2 Å². The molecule has 2 fully saturated rings. The third-order valence-corrected chi connectivity index (χ3v) is 5.10. The number of anilines is 1. The van der Waals surface area contributed by atoms with E-state index in [1.165, 1.54) is 42.1 Å². The molecule has 1 saturated carbocycles. The third-order valence-electron chi connectivity index (χ3n) is 3.95. The number of fused-ring (bicyclic) bond motifs is 1. The van der Waals surface area contributed by atoms with Gasteiger partial charge in [0.05, 0.1) is 11.0 Å². The number of nitrogen functional groups attached to an aromatic ring is 1. The minimum absolute atomic E-state index is 0.638. The Kier molecular flexibility index (Phi) is 2.34. The lowest BCUT2D eigenvalue weighted by Crippen LogP contribution is -2.11. The maximum Gasteiger partial charge on any atom is 0.113 e. The zero-order chi connectivity index (χ0) is 12.1. The SMILES string of the molecule is Nc1ccc2c(c1)nc(C1CC1)n2C1CCSC1. The first-order valence-electron chi connectivity index (χ1n) is 6.68. The molecule has 2 aromatic rings. The van der Waals surface area contributed by atoms with Gasteiger partial charge in [-0.25, -0.2) is 4.98 Å². The Morgan fingerprint density at radius 2 is 2.17 bits per heavy atom.